The Hall–Kier alpha value is -3.32. The molecule has 0 spiro atoms. The van der Waals surface area contributed by atoms with Crippen LogP contribution >= 0.6 is 15.9 Å². The first-order valence-electron chi connectivity index (χ1n) is 10.8. The second-order valence-corrected chi connectivity index (χ2v) is 8.04. The van der Waals surface area contributed by atoms with Crippen LogP contribution in [0.3, 0.4) is 0 Å². The highest BCUT2D eigenvalue weighted by Crippen LogP contribution is 2.29. The number of carbonyl (C=O) groups is 1. The van der Waals surface area contributed by atoms with E-state index in [4.69, 9.17) is 14.2 Å². The van der Waals surface area contributed by atoms with Crippen molar-refractivity contribution in [3.05, 3.63) is 87.9 Å². The number of hydrazone groups is 1. The van der Waals surface area contributed by atoms with Gasteiger partial charge in [0, 0.05) is 10.0 Å². The van der Waals surface area contributed by atoms with E-state index in [-0.39, 0.29) is 5.91 Å². The van der Waals surface area contributed by atoms with Crippen LogP contribution in [0, 0.1) is 0 Å². The lowest BCUT2D eigenvalue weighted by atomic mass is 10.2. The molecule has 0 heterocycles. The van der Waals surface area contributed by atoms with Gasteiger partial charge < -0.3 is 14.2 Å². The first-order chi connectivity index (χ1) is 16.1. The van der Waals surface area contributed by atoms with Crippen LogP contribution in [0.4, 0.5) is 0 Å². The standard InChI is InChI=1S/C26H27BrN2O4/c1-3-15-32-23-12-8-21(9-13-23)26(30)29-28-17-20-7-14-24(25(16-20)31-4-2)33-18-19-5-10-22(27)11-6-19/h5-14,16-17H,3-4,15,18H2,1-2H3,(H,29,30)/b28-17-. The highest BCUT2D eigenvalue weighted by Gasteiger charge is 2.08. The van der Waals surface area contributed by atoms with Gasteiger partial charge in [-0.05, 0) is 79.1 Å². The number of hydrogen-bond donors (Lipinski definition) is 1. The van der Waals surface area contributed by atoms with Gasteiger partial charge in [-0.1, -0.05) is 35.0 Å². The number of nitrogens with one attached hydrogen (secondary N) is 1. The summed E-state index contributed by atoms with van der Waals surface area (Å²) in [5.74, 6) is 1.70. The smallest absolute Gasteiger partial charge is 0.271 e. The van der Waals surface area contributed by atoms with Gasteiger partial charge in [-0.25, -0.2) is 5.43 Å². The number of benzene rings is 3. The Kier molecular flexibility index (Phi) is 9.32. The van der Waals surface area contributed by atoms with Crippen molar-refractivity contribution in [1.29, 1.82) is 0 Å². The SMILES string of the molecule is CCCOc1ccc(C(=O)N/N=C\c2ccc(OCc3ccc(Br)cc3)c(OCC)c2)cc1. The minimum Gasteiger partial charge on any atom is -0.494 e. The topological polar surface area (TPSA) is 69.2 Å². The zero-order valence-electron chi connectivity index (χ0n) is 18.7. The second-order valence-electron chi connectivity index (χ2n) is 7.13. The quantitative estimate of drug-likeness (QED) is 0.254. The summed E-state index contributed by atoms with van der Waals surface area (Å²) in [5, 5.41) is 4.07. The van der Waals surface area contributed by atoms with E-state index >= 15 is 0 Å². The molecule has 1 amide bonds. The third-order valence-electron chi connectivity index (χ3n) is 4.54. The van der Waals surface area contributed by atoms with E-state index in [9.17, 15) is 4.79 Å². The molecule has 0 aromatic heterocycles. The van der Waals surface area contributed by atoms with Gasteiger partial charge >= 0.3 is 0 Å². The second kappa shape index (κ2) is 12.6. The van der Waals surface area contributed by atoms with E-state index in [0.717, 1.165) is 27.8 Å². The molecule has 3 rings (SSSR count). The molecule has 1 N–H and O–H groups in total. The fraction of sp³-hybridized carbons (Fsp3) is 0.231. The minimum atomic E-state index is -0.298. The summed E-state index contributed by atoms with van der Waals surface area (Å²) in [6.07, 6.45) is 2.50. The van der Waals surface area contributed by atoms with Crippen molar-refractivity contribution in [2.45, 2.75) is 26.9 Å². The predicted octanol–water partition coefficient (Wildman–Crippen LogP) is 5.98. The summed E-state index contributed by atoms with van der Waals surface area (Å²) in [7, 11) is 0. The summed E-state index contributed by atoms with van der Waals surface area (Å²) >= 11 is 3.43. The third kappa shape index (κ3) is 7.64. The van der Waals surface area contributed by atoms with E-state index in [0.29, 0.717) is 36.9 Å². The van der Waals surface area contributed by atoms with Crippen molar-refractivity contribution in [1.82, 2.24) is 5.43 Å². The Balaban J connectivity index is 1.59. The molecular formula is C26H27BrN2O4. The zero-order chi connectivity index (χ0) is 23.5. The third-order valence-corrected chi connectivity index (χ3v) is 5.07. The number of carbonyl (C=O) groups excluding carboxylic acids is 1. The molecule has 0 saturated heterocycles. The Labute approximate surface area is 202 Å². The summed E-state index contributed by atoms with van der Waals surface area (Å²) in [4.78, 5) is 12.3. The fourth-order valence-corrected chi connectivity index (χ4v) is 3.15. The number of hydrogen-bond acceptors (Lipinski definition) is 5. The Morgan fingerprint density at radius 2 is 1.70 bits per heavy atom. The van der Waals surface area contributed by atoms with Crippen LogP contribution in [-0.4, -0.2) is 25.3 Å². The molecule has 0 aliphatic rings. The molecule has 0 atom stereocenters. The maximum Gasteiger partial charge on any atom is 0.271 e. The van der Waals surface area contributed by atoms with Crippen molar-refractivity contribution >= 4 is 28.1 Å². The lowest BCUT2D eigenvalue weighted by Crippen LogP contribution is -2.17. The maximum absolute atomic E-state index is 12.3. The number of rotatable bonds is 11. The summed E-state index contributed by atoms with van der Waals surface area (Å²) in [6, 6.07) is 20.4. The summed E-state index contributed by atoms with van der Waals surface area (Å²) in [6.45, 7) is 5.54. The first kappa shape index (κ1) is 24.3. The van der Waals surface area contributed by atoms with Crippen LogP contribution in [0.25, 0.3) is 0 Å². The maximum atomic E-state index is 12.3. The molecular weight excluding hydrogens is 484 g/mol. The van der Waals surface area contributed by atoms with E-state index < -0.39 is 0 Å². The highest BCUT2D eigenvalue weighted by atomic mass is 79.9. The van der Waals surface area contributed by atoms with Crippen LogP contribution in [-0.2, 0) is 6.61 Å². The van der Waals surface area contributed by atoms with Crippen LogP contribution in [0.5, 0.6) is 17.2 Å². The molecule has 0 fully saturated rings. The van der Waals surface area contributed by atoms with Crippen molar-refractivity contribution in [2.24, 2.45) is 5.10 Å². The van der Waals surface area contributed by atoms with Crippen LogP contribution in [0.2, 0.25) is 0 Å². The van der Waals surface area contributed by atoms with Gasteiger partial charge in [-0.3, -0.25) is 4.79 Å². The molecule has 6 nitrogen and oxygen atoms in total. The average molecular weight is 511 g/mol. The fourth-order valence-electron chi connectivity index (χ4n) is 2.89. The van der Waals surface area contributed by atoms with Crippen molar-refractivity contribution < 1.29 is 19.0 Å². The first-order valence-corrected chi connectivity index (χ1v) is 11.6. The molecule has 7 heteroatoms. The largest absolute Gasteiger partial charge is 0.494 e. The molecule has 0 radical (unpaired) electrons. The van der Waals surface area contributed by atoms with Crippen molar-refractivity contribution in [2.75, 3.05) is 13.2 Å². The van der Waals surface area contributed by atoms with Gasteiger partial charge in [0.05, 0.1) is 19.4 Å². The molecule has 172 valence electrons. The van der Waals surface area contributed by atoms with E-state index in [1.54, 1.807) is 30.5 Å². The number of ether oxygens (including phenoxy) is 3. The predicted molar refractivity (Wildman–Crippen MR) is 133 cm³/mol. The summed E-state index contributed by atoms with van der Waals surface area (Å²) < 4.78 is 18.2. The van der Waals surface area contributed by atoms with Gasteiger partial charge in [0.25, 0.3) is 5.91 Å². The van der Waals surface area contributed by atoms with Crippen LogP contribution in [0.1, 0.15) is 41.8 Å². The Morgan fingerprint density at radius 3 is 2.39 bits per heavy atom. The van der Waals surface area contributed by atoms with Crippen molar-refractivity contribution in [3.63, 3.8) is 0 Å². The van der Waals surface area contributed by atoms with Gasteiger partial charge in [-0.15, -0.1) is 0 Å². The van der Waals surface area contributed by atoms with Gasteiger partial charge in [-0.2, -0.15) is 5.10 Å². The highest BCUT2D eigenvalue weighted by molar-refractivity contribution is 9.10. The Bertz CT molecular complexity index is 1070. The number of nitrogens with zero attached hydrogens (tertiary/aromatic N) is 1. The van der Waals surface area contributed by atoms with E-state index in [1.807, 2.05) is 56.3 Å². The van der Waals surface area contributed by atoms with Crippen molar-refractivity contribution in [3.8, 4) is 17.2 Å². The van der Waals surface area contributed by atoms with E-state index in [1.165, 1.54) is 0 Å². The molecule has 3 aromatic carbocycles. The normalized spacial score (nSPS) is 10.8. The van der Waals surface area contributed by atoms with E-state index in [2.05, 4.69) is 26.5 Å². The molecule has 0 bridgehead atoms. The zero-order valence-corrected chi connectivity index (χ0v) is 20.3. The lowest BCUT2D eigenvalue weighted by Gasteiger charge is -2.12. The van der Waals surface area contributed by atoms with Crippen LogP contribution in [0.15, 0.2) is 76.3 Å². The molecule has 0 saturated carbocycles. The van der Waals surface area contributed by atoms with Gasteiger partial charge in [0.2, 0.25) is 0 Å². The monoisotopic (exact) mass is 510 g/mol. The number of halogens is 1. The minimum absolute atomic E-state index is 0.298. The summed E-state index contributed by atoms with van der Waals surface area (Å²) in [5.41, 5.74) is 4.87. The molecule has 0 aliphatic heterocycles. The Morgan fingerprint density at radius 1 is 0.939 bits per heavy atom. The molecule has 0 unspecified atom stereocenters. The van der Waals surface area contributed by atoms with Crippen LogP contribution < -0.4 is 19.6 Å². The van der Waals surface area contributed by atoms with Gasteiger partial charge in [0.1, 0.15) is 12.4 Å². The molecule has 0 aliphatic carbocycles. The lowest BCUT2D eigenvalue weighted by molar-refractivity contribution is 0.0955. The molecule has 3 aromatic rings. The average Bonchev–Trinajstić information content (AvgIpc) is 2.83. The molecule has 33 heavy (non-hydrogen) atoms. The van der Waals surface area contributed by atoms with Gasteiger partial charge in [0.15, 0.2) is 11.5 Å². The number of amides is 1.